The molecule has 0 saturated carbocycles. The molecule has 0 fully saturated rings. The van der Waals surface area contributed by atoms with E-state index in [0.29, 0.717) is 29.9 Å². The molecule has 1 aliphatic rings. The molecular formula is C21H21N3O3. The summed E-state index contributed by atoms with van der Waals surface area (Å²) in [6.07, 6.45) is 2.31. The Morgan fingerprint density at radius 3 is 2.67 bits per heavy atom. The first-order chi connectivity index (χ1) is 13.0. The van der Waals surface area contributed by atoms with Crippen LogP contribution in [0.3, 0.4) is 0 Å². The molecule has 2 aromatic rings. The van der Waals surface area contributed by atoms with E-state index in [0.717, 1.165) is 17.7 Å². The minimum atomic E-state index is -0.303. The third-order valence-corrected chi connectivity index (χ3v) is 4.44. The molecule has 2 aromatic carbocycles. The van der Waals surface area contributed by atoms with E-state index in [1.165, 1.54) is 6.92 Å². The van der Waals surface area contributed by atoms with Crippen molar-refractivity contribution in [1.82, 2.24) is 5.32 Å². The third-order valence-electron chi connectivity index (χ3n) is 4.44. The Morgan fingerprint density at radius 1 is 1.15 bits per heavy atom. The topological polar surface area (TPSA) is 78.5 Å². The first-order valence-electron chi connectivity index (χ1n) is 8.71. The summed E-state index contributed by atoms with van der Waals surface area (Å²) >= 11 is 0. The van der Waals surface area contributed by atoms with Gasteiger partial charge in [-0.05, 0) is 42.3 Å². The Labute approximate surface area is 157 Å². The molecule has 6 heteroatoms. The highest BCUT2D eigenvalue weighted by molar-refractivity contribution is 6.09. The minimum Gasteiger partial charge on any atom is -0.349 e. The first-order valence-corrected chi connectivity index (χ1v) is 8.71. The highest BCUT2D eigenvalue weighted by atomic mass is 16.2. The summed E-state index contributed by atoms with van der Waals surface area (Å²) in [5.41, 5.74) is 3.13. The molecule has 0 aliphatic carbocycles. The summed E-state index contributed by atoms with van der Waals surface area (Å²) in [5.74, 6) is -0.592. The van der Waals surface area contributed by atoms with Gasteiger partial charge in [-0.2, -0.15) is 0 Å². The molecule has 1 heterocycles. The van der Waals surface area contributed by atoms with Crippen LogP contribution in [0.2, 0.25) is 0 Å². The predicted molar refractivity (Wildman–Crippen MR) is 105 cm³/mol. The monoisotopic (exact) mass is 363 g/mol. The molecule has 3 amide bonds. The van der Waals surface area contributed by atoms with E-state index in [-0.39, 0.29) is 17.7 Å². The van der Waals surface area contributed by atoms with Gasteiger partial charge in [-0.3, -0.25) is 14.4 Å². The third kappa shape index (κ3) is 3.89. The molecule has 0 bridgehead atoms. The molecule has 0 radical (unpaired) electrons. The number of nitrogens with zero attached hydrogens (tertiary/aromatic N) is 1. The van der Waals surface area contributed by atoms with Crippen LogP contribution in [-0.2, 0) is 11.2 Å². The molecule has 3 rings (SSSR count). The quantitative estimate of drug-likeness (QED) is 0.802. The predicted octanol–water partition coefficient (Wildman–Crippen LogP) is 2.76. The Balaban J connectivity index is 1.80. The van der Waals surface area contributed by atoms with E-state index in [4.69, 9.17) is 0 Å². The second-order valence-corrected chi connectivity index (χ2v) is 6.26. The number of carbonyl (C=O) groups is 3. The summed E-state index contributed by atoms with van der Waals surface area (Å²) in [5, 5.41) is 5.51. The van der Waals surface area contributed by atoms with Crippen LogP contribution < -0.4 is 15.5 Å². The van der Waals surface area contributed by atoms with Gasteiger partial charge in [0.2, 0.25) is 5.91 Å². The fourth-order valence-electron chi connectivity index (χ4n) is 3.11. The van der Waals surface area contributed by atoms with E-state index in [1.54, 1.807) is 53.4 Å². The molecule has 2 N–H and O–H groups in total. The second-order valence-electron chi connectivity index (χ2n) is 6.26. The Morgan fingerprint density at radius 2 is 1.93 bits per heavy atom. The zero-order valence-corrected chi connectivity index (χ0v) is 15.1. The lowest BCUT2D eigenvalue weighted by Gasteiger charge is -2.15. The maximum Gasteiger partial charge on any atom is 0.255 e. The maximum atomic E-state index is 12.7. The average Bonchev–Trinajstić information content (AvgIpc) is 3.10. The highest BCUT2D eigenvalue weighted by Crippen LogP contribution is 2.29. The molecule has 0 unspecified atom stereocenters. The van der Waals surface area contributed by atoms with Crippen molar-refractivity contribution in [2.75, 3.05) is 23.3 Å². The van der Waals surface area contributed by atoms with Gasteiger partial charge in [0, 0.05) is 31.3 Å². The van der Waals surface area contributed by atoms with Gasteiger partial charge in [0.1, 0.15) is 0 Å². The van der Waals surface area contributed by atoms with Crippen molar-refractivity contribution in [1.29, 1.82) is 0 Å². The molecule has 0 atom stereocenters. The van der Waals surface area contributed by atoms with Crippen molar-refractivity contribution >= 4 is 29.1 Å². The van der Waals surface area contributed by atoms with Crippen LogP contribution in [0.1, 0.15) is 33.2 Å². The number of carbonyl (C=O) groups excluding carboxylic acids is 3. The van der Waals surface area contributed by atoms with E-state index in [2.05, 4.69) is 17.2 Å². The molecule has 0 saturated heterocycles. The van der Waals surface area contributed by atoms with E-state index in [1.807, 2.05) is 0 Å². The van der Waals surface area contributed by atoms with Crippen molar-refractivity contribution in [3.63, 3.8) is 0 Å². The number of benzene rings is 2. The number of anilines is 2. The number of hydrogen-bond donors (Lipinski definition) is 2. The van der Waals surface area contributed by atoms with Crippen LogP contribution in [0.25, 0.3) is 0 Å². The number of amides is 3. The molecule has 138 valence electrons. The van der Waals surface area contributed by atoms with Gasteiger partial charge in [-0.1, -0.05) is 18.2 Å². The van der Waals surface area contributed by atoms with Crippen molar-refractivity contribution in [2.45, 2.75) is 13.3 Å². The molecular weight excluding hydrogens is 342 g/mol. The SMILES string of the molecule is C=CCNC(=O)c1ccccc1NC(=O)c1ccc2c(c1)CCN2C(C)=O. The number of para-hydroxylation sites is 1. The van der Waals surface area contributed by atoms with Crippen LogP contribution in [0.4, 0.5) is 11.4 Å². The number of nitrogens with one attached hydrogen (secondary N) is 2. The smallest absolute Gasteiger partial charge is 0.255 e. The fraction of sp³-hybridized carbons (Fsp3) is 0.190. The summed E-state index contributed by atoms with van der Waals surface area (Å²) in [4.78, 5) is 38.3. The Bertz CT molecular complexity index is 921. The number of rotatable bonds is 5. The molecule has 6 nitrogen and oxygen atoms in total. The summed E-state index contributed by atoms with van der Waals surface area (Å²) in [7, 11) is 0. The Kier molecular flexibility index (Phi) is 5.35. The zero-order chi connectivity index (χ0) is 19.4. The summed E-state index contributed by atoms with van der Waals surface area (Å²) in [6, 6.07) is 12.1. The largest absolute Gasteiger partial charge is 0.349 e. The molecule has 1 aliphatic heterocycles. The maximum absolute atomic E-state index is 12.7. The average molecular weight is 363 g/mol. The molecule has 0 spiro atoms. The van der Waals surface area contributed by atoms with Crippen LogP contribution in [0, 0.1) is 0 Å². The van der Waals surface area contributed by atoms with E-state index < -0.39 is 0 Å². The first kappa shape index (κ1) is 18.4. The van der Waals surface area contributed by atoms with Gasteiger partial charge in [0.15, 0.2) is 0 Å². The molecule has 0 aromatic heterocycles. The Hall–Kier alpha value is -3.41. The van der Waals surface area contributed by atoms with Crippen LogP contribution >= 0.6 is 0 Å². The summed E-state index contributed by atoms with van der Waals surface area (Å²) in [6.45, 7) is 6.08. The number of fused-ring (bicyclic) bond motifs is 1. The van der Waals surface area contributed by atoms with Gasteiger partial charge >= 0.3 is 0 Å². The van der Waals surface area contributed by atoms with Gasteiger partial charge < -0.3 is 15.5 Å². The van der Waals surface area contributed by atoms with Crippen molar-refractivity contribution in [3.05, 3.63) is 71.8 Å². The van der Waals surface area contributed by atoms with Crippen LogP contribution in [0.15, 0.2) is 55.1 Å². The summed E-state index contributed by atoms with van der Waals surface area (Å²) < 4.78 is 0. The lowest BCUT2D eigenvalue weighted by molar-refractivity contribution is -0.116. The molecule has 27 heavy (non-hydrogen) atoms. The van der Waals surface area contributed by atoms with Gasteiger partial charge in [0.25, 0.3) is 11.8 Å². The van der Waals surface area contributed by atoms with Crippen LogP contribution in [-0.4, -0.2) is 30.8 Å². The highest BCUT2D eigenvalue weighted by Gasteiger charge is 2.23. The standard InChI is InChI=1S/C21H21N3O3/c1-3-11-22-21(27)17-6-4-5-7-18(17)23-20(26)16-8-9-19-15(13-16)10-12-24(19)14(2)25/h3-9,13H,1,10-12H2,2H3,(H,22,27)(H,23,26). The van der Waals surface area contributed by atoms with E-state index >= 15 is 0 Å². The number of hydrogen-bond acceptors (Lipinski definition) is 3. The van der Waals surface area contributed by atoms with Crippen LogP contribution in [0.5, 0.6) is 0 Å². The van der Waals surface area contributed by atoms with Crippen molar-refractivity contribution in [3.8, 4) is 0 Å². The van der Waals surface area contributed by atoms with E-state index in [9.17, 15) is 14.4 Å². The second kappa shape index (κ2) is 7.86. The van der Waals surface area contributed by atoms with Gasteiger partial charge in [-0.15, -0.1) is 6.58 Å². The zero-order valence-electron chi connectivity index (χ0n) is 15.1. The minimum absolute atomic E-state index is 0.00887. The van der Waals surface area contributed by atoms with Crippen molar-refractivity contribution in [2.24, 2.45) is 0 Å². The normalized spacial score (nSPS) is 12.3. The van der Waals surface area contributed by atoms with Gasteiger partial charge in [-0.25, -0.2) is 0 Å². The fourth-order valence-corrected chi connectivity index (χ4v) is 3.11. The lowest BCUT2D eigenvalue weighted by Crippen LogP contribution is -2.25. The van der Waals surface area contributed by atoms with Crippen molar-refractivity contribution < 1.29 is 14.4 Å². The van der Waals surface area contributed by atoms with Gasteiger partial charge in [0.05, 0.1) is 11.3 Å². The lowest BCUT2D eigenvalue weighted by atomic mass is 10.1.